The Balaban J connectivity index is 1.75. The molecule has 0 amide bonds. The van der Waals surface area contributed by atoms with E-state index in [9.17, 15) is 0 Å². The molecule has 0 atom stereocenters. The van der Waals surface area contributed by atoms with Gasteiger partial charge in [0.25, 0.3) is 0 Å². The molecule has 1 heterocycles. The van der Waals surface area contributed by atoms with Crippen molar-refractivity contribution in [1.29, 1.82) is 0 Å². The van der Waals surface area contributed by atoms with Gasteiger partial charge < -0.3 is 15.3 Å². The van der Waals surface area contributed by atoms with Gasteiger partial charge in [-0.1, -0.05) is 12.8 Å². The van der Waals surface area contributed by atoms with Gasteiger partial charge in [-0.25, -0.2) is 0 Å². The lowest BCUT2D eigenvalue weighted by Crippen LogP contribution is -2.35. The van der Waals surface area contributed by atoms with Crippen LogP contribution in [0.5, 0.6) is 0 Å². The molecule has 5 heteroatoms. The molecule has 0 saturated heterocycles. The van der Waals surface area contributed by atoms with E-state index in [1.54, 1.807) is 0 Å². The highest BCUT2D eigenvalue weighted by molar-refractivity contribution is 5.24. The maximum absolute atomic E-state index is 9.04. The van der Waals surface area contributed by atoms with Gasteiger partial charge in [0.2, 0.25) is 0 Å². The van der Waals surface area contributed by atoms with Crippen LogP contribution in [-0.4, -0.2) is 52.6 Å². The fourth-order valence-corrected chi connectivity index (χ4v) is 3.30. The minimum Gasteiger partial charge on any atom is -0.394 e. The zero-order valence-corrected chi connectivity index (χ0v) is 13.7. The average molecular weight is 294 g/mol. The van der Waals surface area contributed by atoms with Crippen molar-refractivity contribution in [2.24, 2.45) is 0 Å². The molecule has 0 unspecified atom stereocenters. The van der Waals surface area contributed by atoms with Crippen LogP contribution in [0.4, 0.5) is 0 Å². The summed E-state index contributed by atoms with van der Waals surface area (Å²) in [6, 6.07) is 0.794. The normalized spacial score (nSPS) is 16.2. The first-order chi connectivity index (χ1) is 10.1. The highest BCUT2D eigenvalue weighted by Gasteiger charge is 2.18. The molecule has 21 heavy (non-hydrogen) atoms. The number of aliphatic hydroxyl groups is 1. The van der Waals surface area contributed by atoms with E-state index in [0.29, 0.717) is 6.54 Å². The lowest BCUT2D eigenvalue weighted by atomic mass is 10.2. The van der Waals surface area contributed by atoms with Crippen molar-refractivity contribution in [1.82, 2.24) is 20.0 Å². The van der Waals surface area contributed by atoms with Crippen LogP contribution < -0.4 is 5.32 Å². The molecule has 1 aromatic heterocycles. The summed E-state index contributed by atoms with van der Waals surface area (Å²) in [5.74, 6) is 0. The Morgan fingerprint density at radius 2 is 2.05 bits per heavy atom. The lowest BCUT2D eigenvalue weighted by Gasteiger charge is -2.24. The van der Waals surface area contributed by atoms with Crippen LogP contribution in [0.15, 0.2) is 0 Å². The predicted octanol–water partition coefficient (Wildman–Crippen LogP) is 1.46. The molecule has 5 nitrogen and oxygen atoms in total. The van der Waals surface area contributed by atoms with Crippen LogP contribution in [0.2, 0.25) is 0 Å². The Bertz CT molecular complexity index is 438. The van der Waals surface area contributed by atoms with Crippen molar-refractivity contribution < 1.29 is 5.11 Å². The van der Waals surface area contributed by atoms with Crippen LogP contribution in [0, 0.1) is 13.8 Å². The molecule has 0 aromatic carbocycles. The Labute approximate surface area is 128 Å². The second kappa shape index (κ2) is 7.92. The number of aromatic nitrogens is 2. The molecule has 0 aliphatic heterocycles. The summed E-state index contributed by atoms with van der Waals surface area (Å²) in [5, 5.41) is 17.1. The molecule has 2 rings (SSSR count). The van der Waals surface area contributed by atoms with Gasteiger partial charge in [0.15, 0.2) is 0 Å². The summed E-state index contributed by atoms with van der Waals surface area (Å²) in [6.45, 7) is 7.82. The van der Waals surface area contributed by atoms with Gasteiger partial charge in [-0.3, -0.25) is 4.68 Å². The molecule has 2 N–H and O–H groups in total. The third-order valence-electron chi connectivity index (χ3n) is 4.73. The SMILES string of the molecule is Cc1nn(CCO)c(C)c1CNCCN(C)C1CCCC1. The van der Waals surface area contributed by atoms with Crippen molar-refractivity contribution in [3.8, 4) is 0 Å². The van der Waals surface area contributed by atoms with Crippen molar-refractivity contribution in [2.75, 3.05) is 26.7 Å². The molecule has 0 spiro atoms. The van der Waals surface area contributed by atoms with Gasteiger partial charge in [0.05, 0.1) is 18.8 Å². The summed E-state index contributed by atoms with van der Waals surface area (Å²) in [6.07, 6.45) is 5.51. The fourth-order valence-electron chi connectivity index (χ4n) is 3.30. The second-order valence-corrected chi connectivity index (χ2v) is 6.19. The van der Waals surface area contributed by atoms with E-state index in [0.717, 1.165) is 37.1 Å². The Morgan fingerprint density at radius 3 is 2.71 bits per heavy atom. The standard InChI is InChI=1S/C16H30N4O/c1-13-16(14(2)20(18-13)10-11-21)12-17-8-9-19(3)15-6-4-5-7-15/h15,17,21H,4-12H2,1-3H3. The van der Waals surface area contributed by atoms with E-state index in [4.69, 9.17) is 5.11 Å². The topological polar surface area (TPSA) is 53.3 Å². The van der Waals surface area contributed by atoms with Crippen molar-refractivity contribution in [3.05, 3.63) is 17.0 Å². The number of hydrogen-bond donors (Lipinski definition) is 2. The van der Waals surface area contributed by atoms with Gasteiger partial charge in [-0.2, -0.15) is 5.10 Å². The number of nitrogens with zero attached hydrogens (tertiary/aromatic N) is 3. The monoisotopic (exact) mass is 294 g/mol. The first-order valence-corrected chi connectivity index (χ1v) is 8.18. The van der Waals surface area contributed by atoms with Gasteiger partial charge in [-0.15, -0.1) is 0 Å². The molecule has 1 saturated carbocycles. The maximum atomic E-state index is 9.04. The minimum atomic E-state index is 0.140. The maximum Gasteiger partial charge on any atom is 0.0644 e. The van der Waals surface area contributed by atoms with E-state index >= 15 is 0 Å². The highest BCUT2D eigenvalue weighted by atomic mass is 16.3. The van der Waals surface area contributed by atoms with E-state index in [1.165, 1.54) is 31.2 Å². The van der Waals surface area contributed by atoms with Crippen molar-refractivity contribution >= 4 is 0 Å². The number of likely N-dealkylation sites (N-methyl/N-ethyl adjacent to an activating group) is 1. The van der Waals surface area contributed by atoms with E-state index in [2.05, 4.69) is 29.3 Å². The molecule has 1 aromatic rings. The van der Waals surface area contributed by atoms with E-state index in [-0.39, 0.29) is 6.61 Å². The summed E-state index contributed by atoms with van der Waals surface area (Å²) < 4.78 is 1.90. The number of aliphatic hydroxyl groups excluding tert-OH is 1. The van der Waals surface area contributed by atoms with Crippen LogP contribution >= 0.6 is 0 Å². The number of nitrogens with one attached hydrogen (secondary N) is 1. The number of rotatable bonds is 8. The predicted molar refractivity (Wildman–Crippen MR) is 85.4 cm³/mol. The highest BCUT2D eigenvalue weighted by Crippen LogP contribution is 2.21. The fraction of sp³-hybridized carbons (Fsp3) is 0.812. The third kappa shape index (κ3) is 4.28. The number of hydrogen-bond acceptors (Lipinski definition) is 4. The first-order valence-electron chi connectivity index (χ1n) is 8.18. The zero-order chi connectivity index (χ0) is 15.2. The van der Waals surface area contributed by atoms with Crippen LogP contribution in [0.25, 0.3) is 0 Å². The zero-order valence-electron chi connectivity index (χ0n) is 13.7. The summed E-state index contributed by atoms with van der Waals surface area (Å²) in [7, 11) is 2.24. The molecule has 120 valence electrons. The van der Waals surface area contributed by atoms with E-state index < -0.39 is 0 Å². The first kappa shape index (κ1) is 16.5. The summed E-state index contributed by atoms with van der Waals surface area (Å²) in [5.41, 5.74) is 3.50. The Kier molecular flexibility index (Phi) is 6.21. The molecule has 1 aliphatic rings. The van der Waals surface area contributed by atoms with Gasteiger partial charge >= 0.3 is 0 Å². The quantitative estimate of drug-likeness (QED) is 0.713. The summed E-state index contributed by atoms with van der Waals surface area (Å²) in [4.78, 5) is 2.49. The largest absolute Gasteiger partial charge is 0.394 e. The Morgan fingerprint density at radius 1 is 1.33 bits per heavy atom. The lowest BCUT2D eigenvalue weighted by molar-refractivity contribution is 0.245. The van der Waals surface area contributed by atoms with Crippen LogP contribution in [-0.2, 0) is 13.1 Å². The minimum absolute atomic E-state index is 0.140. The molecule has 1 aliphatic carbocycles. The molecular formula is C16H30N4O. The van der Waals surface area contributed by atoms with Gasteiger partial charge in [0, 0.05) is 36.9 Å². The smallest absolute Gasteiger partial charge is 0.0644 e. The van der Waals surface area contributed by atoms with Crippen molar-refractivity contribution in [2.45, 2.75) is 58.7 Å². The Hall–Kier alpha value is -0.910. The molecule has 0 radical (unpaired) electrons. The molecule has 1 fully saturated rings. The van der Waals surface area contributed by atoms with Crippen LogP contribution in [0.1, 0.15) is 42.6 Å². The van der Waals surface area contributed by atoms with Gasteiger partial charge in [0.1, 0.15) is 0 Å². The van der Waals surface area contributed by atoms with Crippen LogP contribution in [0.3, 0.4) is 0 Å². The molecular weight excluding hydrogens is 264 g/mol. The number of aryl methyl sites for hydroxylation is 1. The van der Waals surface area contributed by atoms with Gasteiger partial charge in [-0.05, 0) is 33.7 Å². The average Bonchev–Trinajstić information content (AvgIpc) is 3.07. The van der Waals surface area contributed by atoms with E-state index in [1.807, 2.05) is 11.6 Å². The summed E-state index contributed by atoms with van der Waals surface area (Å²) >= 11 is 0. The third-order valence-corrected chi connectivity index (χ3v) is 4.73. The van der Waals surface area contributed by atoms with Crippen molar-refractivity contribution in [3.63, 3.8) is 0 Å². The molecule has 0 bridgehead atoms. The second-order valence-electron chi connectivity index (χ2n) is 6.19.